The maximum Gasteiger partial charge on any atom is 0.306 e. The van der Waals surface area contributed by atoms with Crippen molar-refractivity contribution in [1.82, 2.24) is 0 Å². The van der Waals surface area contributed by atoms with Crippen LogP contribution in [0.25, 0.3) is 0 Å². The van der Waals surface area contributed by atoms with Gasteiger partial charge in [-0.3, -0.25) is 9.59 Å². The lowest BCUT2D eigenvalue weighted by Gasteiger charge is -2.06. The molecular formula is C20H20F2O4. The van der Waals surface area contributed by atoms with Gasteiger partial charge in [0.25, 0.3) is 0 Å². The molecule has 0 aromatic heterocycles. The minimum atomic E-state index is -0.367. The standard InChI is InChI=1S/C20H20F2O4/c21-17-9-5-15(6-10-17)13-25-19(23)3-1-2-4-20(24)26-14-16-7-11-18(22)12-8-16/h5-12H,1-4,13-14H2. The minimum Gasteiger partial charge on any atom is -0.461 e. The van der Waals surface area contributed by atoms with Gasteiger partial charge in [0, 0.05) is 12.8 Å². The second kappa shape index (κ2) is 10.3. The molecule has 0 fully saturated rings. The SMILES string of the molecule is O=C(CCCCC(=O)OCc1ccc(F)cc1)OCc1ccc(F)cc1. The minimum absolute atomic E-state index is 0.0961. The van der Waals surface area contributed by atoms with Crippen LogP contribution in [0.4, 0.5) is 8.78 Å². The van der Waals surface area contributed by atoms with Gasteiger partial charge >= 0.3 is 11.9 Å². The number of carbonyl (C=O) groups is 2. The maximum absolute atomic E-state index is 12.8. The fourth-order valence-electron chi connectivity index (χ4n) is 2.17. The van der Waals surface area contributed by atoms with E-state index in [-0.39, 0.29) is 49.6 Å². The molecule has 2 rings (SSSR count). The largest absolute Gasteiger partial charge is 0.461 e. The fraction of sp³-hybridized carbons (Fsp3) is 0.300. The molecule has 0 aliphatic heterocycles. The van der Waals surface area contributed by atoms with Crippen LogP contribution in [-0.2, 0) is 32.3 Å². The van der Waals surface area contributed by atoms with Gasteiger partial charge in [-0.1, -0.05) is 24.3 Å². The molecule has 4 nitrogen and oxygen atoms in total. The molecule has 2 aromatic rings. The normalized spacial score (nSPS) is 10.4. The molecule has 0 saturated heterocycles. The summed E-state index contributed by atoms with van der Waals surface area (Å²) in [5.41, 5.74) is 1.42. The molecular weight excluding hydrogens is 342 g/mol. The van der Waals surface area contributed by atoms with Crippen molar-refractivity contribution >= 4 is 11.9 Å². The van der Waals surface area contributed by atoms with E-state index >= 15 is 0 Å². The van der Waals surface area contributed by atoms with Crippen LogP contribution < -0.4 is 0 Å². The molecule has 0 radical (unpaired) electrons. The van der Waals surface area contributed by atoms with Crippen molar-refractivity contribution < 1.29 is 27.8 Å². The molecule has 26 heavy (non-hydrogen) atoms. The third kappa shape index (κ3) is 7.42. The monoisotopic (exact) mass is 362 g/mol. The predicted molar refractivity (Wildman–Crippen MR) is 90.9 cm³/mol. The lowest BCUT2D eigenvalue weighted by Crippen LogP contribution is -2.07. The van der Waals surface area contributed by atoms with Crippen molar-refractivity contribution in [2.24, 2.45) is 0 Å². The van der Waals surface area contributed by atoms with E-state index in [9.17, 15) is 18.4 Å². The lowest BCUT2D eigenvalue weighted by molar-refractivity contribution is -0.147. The summed E-state index contributed by atoms with van der Waals surface area (Å²) >= 11 is 0. The number of esters is 2. The Labute approximate surface area is 150 Å². The van der Waals surface area contributed by atoms with Gasteiger partial charge in [-0.2, -0.15) is 0 Å². The first-order chi connectivity index (χ1) is 12.5. The van der Waals surface area contributed by atoms with Crippen LogP contribution in [0, 0.1) is 11.6 Å². The summed E-state index contributed by atoms with van der Waals surface area (Å²) in [6.07, 6.45) is 1.42. The molecule has 0 bridgehead atoms. The van der Waals surface area contributed by atoms with Gasteiger partial charge in [-0.15, -0.1) is 0 Å². The zero-order valence-corrected chi connectivity index (χ0v) is 14.3. The first-order valence-electron chi connectivity index (χ1n) is 8.33. The Balaban J connectivity index is 1.54. The quantitative estimate of drug-likeness (QED) is 0.493. The van der Waals surface area contributed by atoms with Gasteiger partial charge in [-0.25, -0.2) is 8.78 Å². The van der Waals surface area contributed by atoms with Gasteiger partial charge in [0.05, 0.1) is 0 Å². The van der Waals surface area contributed by atoms with E-state index in [1.54, 1.807) is 24.3 Å². The molecule has 0 heterocycles. The summed E-state index contributed by atoms with van der Waals surface area (Å²) in [6, 6.07) is 11.4. The first-order valence-corrected chi connectivity index (χ1v) is 8.33. The van der Waals surface area contributed by atoms with Gasteiger partial charge in [0.15, 0.2) is 0 Å². The van der Waals surface area contributed by atoms with E-state index in [1.165, 1.54) is 24.3 Å². The molecule has 138 valence electrons. The summed E-state index contributed by atoms with van der Waals surface area (Å²) in [5.74, 6) is -1.42. The van der Waals surface area contributed by atoms with Gasteiger partial charge in [0.1, 0.15) is 24.8 Å². The topological polar surface area (TPSA) is 52.6 Å². The molecule has 0 saturated carbocycles. The number of ether oxygens (including phenoxy) is 2. The number of benzene rings is 2. The predicted octanol–water partition coefficient (Wildman–Crippen LogP) is 4.31. The number of hydrogen-bond donors (Lipinski definition) is 0. The molecule has 2 aromatic carbocycles. The highest BCUT2D eigenvalue weighted by molar-refractivity contribution is 5.70. The van der Waals surface area contributed by atoms with E-state index in [4.69, 9.17) is 9.47 Å². The average molecular weight is 362 g/mol. The Morgan fingerprint density at radius 2 is 1.00 bits per heavy atom. The zero-order chi connectivity index (χ0) is 18.8. The Morgan fingerprint density at radius 1 is 0.654 bits per heavy atom. The highest BCUT2D eigenvalue weighted by atomic mass is 19.1. The molecule has 0 aliphatic rings. The van der Waals surface area contributed by atoms with Gasteiger partial charge in [0.2, 0.25) is 0 Å². The average Bonchev–Trinajstić information content (AvgIpc) is 2.64. The number of carbonyl (C=O) groups excluding carboxylic acids is 2. The Bertz CT molecular complexity index is 648. The Hall–Kier alpha value is -2.76. The van der Waals surface area contributed by atoms with E-state index in [0.29, 0.717) is 24.0 Å². The summed E-state index contributed by atoms with van der Waals surface area (Å²) < 4.78 is 35.7. The number of rotatable bonds is 9. The summed E-state index contributed by atoms with van der Waals surface area (Å²) in [4.78, 5) is 23.2. The van der Waals surface area contributed by atoms with Crippen molar-refractivity contribution in [3.63, 3.8) is 0 Å². The van der Waals surface area contributed by atoms with Crippen molar-refractivity contribution in [2.75, 3.05) is 0 Å². The molecule has 6 heteroatoms. The van der Waals surface area contributed by atoms with E-state index in [2.05, 4.69) is 0 Å². The molecule has 0 aliphatic carbocycles. The van der Waals surface area contributed by atoms with Crippen LogP contribution in [0.5, 0.6) is 0 Å². The van der Waals surface area contributed by atoms with E-state index in [1.807, 2.05) is 0 Å². The Morgan fingerprint density at radius 3 is 1.35 bits per heavy atom. The van der Waals surface area contributed by atoms with Crippen molar-refractivity contribution in [3.8, 4) is 0 Å². The van der Waals surface area contributed by atoms with Crippen molar-refractivity contribution in [3.05, 3.63) is 71.3 Å². The third-order valence-corrected chi connectivity index (χ3v) is 3.64. The number of unbranched alkanes of at least 4 members (excludes halogenated alkanes) is 1. The van der Waals surface area contributed by atoms with Gasteiger partial charge < -0.3 is 9.47 Å². The number of hydrogen-bond acceptors (Lipinski definition) is 4. The van der Waals surface area contributed by atoms with E-state index < -0.39 is 0 Å². The summed E-state index contributed by atoms with van der Waals surface area (Å²) in [5, 5.41) is 0. The maximum atomic E-state index is 12.8. The molecule has 0 N–H and O–H groups in total. The van der Waals surface area contributed by atoms with Crippen LogP contribution in [0.15, 0.2) is 48.5 Å². The molecule has 0 atom stereocenters. The van der Waals surface area contributed by atoms with Crippen LogP contribution in [-0.4, -0.2) is 11.9 Å². The smallest absolute Gasteiger partial charge is 0.306 e. The molecule has 0 amide bonds. The first kappa shape index (κ1) is 19.6. The third-order valence-electron chi connectivity index (χ3n) is 3.64. The second-order valence-electron chi connectivity index (χ2n) is 5.78. The van der Waals surface area contributed by atoms with Crippen molar-refractivity contribution in [1.29, 1.82) is 0 Å². The van der Waals surface area contributed by atoms with Crippen molar-refractivity contribution in [2.45, 2.75) is 38.9 Å². The molecule has 0 unspecified atom stereocenters. The Kier molecular flexibility index (Phi) is 7.74. The summed E-state index contributed by atoms with van der Waals surface area (Å²) in [7, 11) is 0. The lowest BCUT2D eigenvalue weighted by atomic mass is 10.2. The van der Waals surface area contributed by atoms with Crippen LogP contribution in [0.1, 0.15) is 36.8 Å². The number of halogens is 2. The fourth-order valence-corrected chi connectivity index (χ4v) is 2.17. The highest BCUT2D eigenvalue weighted by Gasteiger charge is 2.07. The van der Waals surface area contributed by atoms with Gasteiger partial charge in [-0.05, 0) is 48.2 Å². The molecule has 0 spiro atoms. The van der Waals surface area contributed by atoms with Crippen LogP contribution in [0.2, 0.25) is 0 Å². The second-order valence-corrected chi connectivity index (χ2v) is 5.78. The highest BCUT2D eigenvalue weighted by Crippen LogP contribution is 2.09. The van der Waals surface area contributed by atoms with E-state index in [0.717, 1.165) is 0 Å². The van der Waals surface area contributed by atoms with Crippen LogP contribution in [0.3, 0.4) is 0 Å². The van der Waals surface area contributed by atoms with Crippen LogP contribution >= 0.6 is 0 Å². The summed E-state index contributed by atoms with van der Waals surface area (Å²) in [6.45, 7) is 0.192. The zero-order valence-electron chi connectivity index (χ0n) is 14.3.